The Morgan fingerprint density at radius 1 is 0.453 bits per heavy atom. The zero-order chi connectivity index (χ0) is 83.4. The number of benzene rings is 6. The lowest BCUT2D eigenvalue weighted by Crippen LogP contribution is -2.50. The second kappa shape index (κ2) is 52.1. The van der Waals surface area contributed by atoms with E-state index in [0.717, 1.165) is 197 Å². The molecule has 6 aromatic carbocycles. The van der Waals surface area contributed by atoms with Gasteiger partial charge in [0.05, 0.1) is 42.4 Å². The third kappa shape index (κ3) is 32.2. The summed E-state index contributed by atoms with van der Waals surface area (Å²) in [7, 11) is 0. The summed E-state index contributed by atoms with van der Waals surface area (Å²) in [4.78, 5) is 150. The minimum Gasteiger partial charge on any atom is -0.346 e. The molecule has 4 heterocycles. The van der Waals surface area contributed by atoms with Crippen LogP contribution in [0.5, 0.6) is 0 Å². The molecular formula is C99H131N7O11. The van der Waals surface area contributed by atoms with Gasteiger partial charge in [-0.25, -0.2) is 0 Å². The number of aryl methyl sites for hydroxylation is 3. The van der Waals surface area contributed by atoms with Crippen molar-refractivity contribution in [1.82, 2.24) is 30.7 Å². The first-order valence-corrected chi connectivity index (χ1v) is 43.9. The van der Waals surface area contributed by atoms with Crippen LogP contribution < -0.4 is 21.7 Å². The Labute approximate surface area is 695 Å². The standard InChI is InChI=1S/C36H48N2O4.C34H44N2O4.C29H39N3O3/c1-3-5-7-8-10-21-33(34(40)23-22-29-18-15-17-28-16-11-12-20-32(28)29)37-36(42)30(26-31(39)19-9-6-4-2)27-35(41)38-24-13-14-25-38;37-29-17-7-5-3-1-2-4-6-8-19-31(35-34(40)28(24-29)25-33(39)36-22-11-12-23-36)32(38)21-20-27-16-13-15-26-14-9-10-18-30(26)27;1-2-3-4-5-6-16-26(31-29(35)25(30)21-28(34)32-19-9-10-20-32)27(33)18-17-23-14-11-13-22-12-7-8-15-24(22)23/h3-4,11-12,15-18,20,30,33H,1-2,5-10,13-14,19,21-27H2,(H,37,42);1,3,9-10,13-16,18,28,31H,2,4-8,11-12,17,19-25H2,(H,35,40);2,7-8,11-15,25-26H,1,3-6,9-10,16-21,30H2,(H,31,35)/b;3-1-;/t30-,33-;28-,31-;25-,26-/m000/s1. The van der Waals surface area contributed by atoms with E-state index in [-0.39, 0.29) is 90.6 Å². The highest BCUT2D eigenvalue weighted by atomic mass is 16.2. The number of unbranched alkanes of at least 4 members (excludes halogenated alkanes) is 7. The summed E-state index contributed by atoms with van der Waals surface area (Å²) in [5.74, 6) is -2.90. The van der Waals surface area contributed by atoms with Crippen molar-refractivity contribution in [1.29, 1.82) is 0 Å². The van der Waals surface area contributed by atoms with Crippen molar-refractivity contribution in [2.45, 2.75) is 268 Å². The minimum absolute atomic E-state index is 0.00468. The van der Waals surface area contributed by atoms with Gasteiger partial charge in [0.2, 0.25) is 35.4 Å². The molecule has 0 bridgehead atoms. The fraction of sp³-hybridized carbons (Fsp3) is 0.505. The molecule has 6 aromatic rings. The zero-order valence-electron chi connectivity index (χ0n) is 69.6. The van der Waals surface area contributed by atoms with Crippen LogP contribution >= 0.6 is 0 Å². The number of nitrogens with one attached hydrogen (secondary N) is 3. The summed E-state index contributed by atoms with van der Waals surface area (Å²) >= 11 is 0. The highest BCUT2D eigenvalue weighted by Crippen LogP contribution is 2.27. The van der Waals surface area contributed by atoms with E-state index >= 15 is 0 Å². The van der Waals surface area contributed by atoms with Crippen LogP contribution in [0.3, 0.4) is 0 Å². The third-order valence-electron chi connectivity index (χ3n) is 23.3. The van der Waals surface area contributed by atoms with Gasteiger partial charge in [0.25, 0.3) is 0 Å². The molecule has 0 radical (unpaired) electrons. The van der Waals surface area contributed by atoms with E-state index in [1.54, 1.807) is 20.8 Å². The lowest BCUT2D eigenvalue weighted by atomic mass is 9.92. The van der Waals surface area contributed by atoms with Gasteiger partial charge in [-0.3, -0.25) is 52.7 Å². The highest BCUT2D eigenvalue weighted by Gasteiger charge is 2.34. The number of likely N-dealkylation sites (tertiary alicyclic amines) is 3. The Morgan fingerprint density at radius 2 is 0.889 bits per heavy atom. The molecule has 117 heavy (non-hydrogen) atoms. The van der Waals surface area contributed by atoms with E-state index in [2.05, 4.69) is 121 Å². The van der Waals surface area contributed by atoms with Crippen LogP contribution in [0.4, 0.5) is 0 Å². The number of nitrogens with zero attached hydrogens (tertiary/aromatic N) is 3. The van der Waals surface area contributed by atoms with Gasteiger partial charge in [-0.1, -0.05) is 196 Å². The lowest BCUT2D eigenvalue weighted by Gasteiger charge is -2.24. The molecule has 3 saturated heterocycles. The summed E-state index contributed by atoms with van der Waals surface area (Å²) in [6.45, 7) is 15.5. The number of hydrogen-bond donors (Lipinski definition) is 4. The molecule has 4 aliphatic heterocycles. The number of hydrogen-bond acceptors (Lipinski definition) is 12. The van der Waals surface area contributed by atoms with Crippen LogP contribution in [0.25, 0.3) is 32.3 Å². The first kappa shape index (κ1) is 92.7. The summed E-state index contributed by atoms with van der Waals surface area (Å²) in [6, 6.07) is 40.1. The van der Waals surface area contributed by atoms with Gasteiger partial charge in [-0.15, -0.1) is 19.7 Å². The summed E-state index contributed by atoms with van der Waals surface area (Å²) in [5, 5.41) is 15.7. The van der Waals surface area contributed by atoms with Gasteiger partial charge < -0.3 is 36.4 Å². The Morgan fingerprint density at radius 3 is 1.38 bits per heavy atom. The quantitative estimate of drug-likeness (QED) is 0.0207. The van der Waals surface area contributed by atoms with Gasteiger partial charge >= 0.3 is 0 Å². The van der Waals surface area contributed by atoms with Crippen LogP contribution in [-0.2, 0) is 72.0 Å². The first-order valence-electron chi connectivity index (χ1n) is 43.9. The van der Waals surface area contributed by atoms with E-state index in [4.69, 9.17) is 5.73 Å². The highest BCUT2D eigenvalue weighted by molar-refractivity contribution is 5.97. The predicted octanol–water partition coefficient (Wildman–Crippen LogP) is 17.3. The maximum atomic E-state index is 13.6. The van der Waals surface area contributed by atoms with E-state index < -0.39 is 41.9 Å². The molecule has 6 amide bonds. The van der Waals surface area contributed by atoms with Crippen LogP contribution in [0.2, 0.25) is 0 Å². The molecule has 0 spiro atoms. The number of allylic oxidation sites excluding steroid dienone is 5. The second-order valence-corrected chi connectivity index (χ2v) is 32.4. The van der Waals surface area contributed by atoms with Crippen LogP contribution in [0.1, 0.15) is 241 Å². The average Bonchev–Trinajstić information content (AvgIpc) is 1.20. The van der Waals surface area contributed by atoms with Crippen molar-refractivity contribution < 1.29 is 52.7 Å². The number of rotatable bonds is 40. The van der Waals surface area contributed by atoms with E-state index in [1.807, 2.05) is 66.7 Å². The fourth-order valence-electron chi connectivity index (χ4n) is 16.4. The molecule has 4 aliphatic rings. The Bertz CT molecular complexity index is 4260. The molecule has 6 atom stereocenters. The van der Waals surface area contributed by atoms with Crippen molar-refractivity contribution in [3.63, 3.8) is 0 Å². The number of fused-ring (bicyclic) bond motifs is 3. The largest absolute Gasteiger partial charge is 0.346 e. The van der Waals surface area contributed by atoms with Gasteiger partial charge in [0.15, 0.2) is 17.3 Å². The predicted molar refractivity (Wildman–Crippen MR) is 470 cm³/mol. The third-order valence-corrected chi connectivity index (χ3v) is 23.3. The molecule has 18 nitrogen and oxygen atoms in total. The smallest absolute Gasteiger partial charge is 0.238 e. The number of amides is 6. The number of Topliss-reactive ketones (excluding diaryl/α,β-unsaturated/α-hetero) is 5. The van der Waals surface area contributed by atoms with E-state index in [1.165, 1.54) is 0 Å². The topological polar surface area (TPSA) is 260 Å². The molecular weight excluding hydrogens is 1460 g/mol. The molecule has 10 rings (SSSR count). The normalized spacial score (nSPS) is 17.4. The maximum absolute atomic E-state index is 13.6. The van der Waals surface area contributed by atoms with Crippen molar-refractivity contribution >= 4 is 96.7 Å². The van der Waals surface area contributed by atoms with Gasteiger partial charge in [-0.2, -0.15) is 0 Å². The molecule has 628 valence electrons. The second-order valence-electron chi connectivity index (χ2n) is 32.4. The van der Waals surface area contributed by atoms with Crippen molar-refractivity contribution in [2.24, 2.45) is 17.6 Å². The number of nitrogens with two attached hydrogens (primary N) is 1. The summed E-state index contributed by atoms with van der Waals surface area (Å²) < 4.78 is 0. The van der Waals surface area contributed by atoms with Crippen molar-refractivity contribution in [3.8, 4) is 0 Å². The molecule has 3 fully saturated rings. The maximum Gasteiger partial charge on any atom is 0.238 e. The molecule has 0 saturated carbocycles. The van der Waals surface area contributed by atoms with Crippen LogP contribution in [0, 0.1) is 11.8 Å². The van der Waals surface area contributed by atoms with Crippen molar-refractivity contribution in [3.05, 3.63) is 194 Å². The van der Waals surface area contributed by atoms with Crippen LogP contribution in [-0.4, -0.2) is 142 Å². The number of carbonyl (C=O) groups excluding carboxylic acids is 11. The van der Waals surface area contributed by atoms with Crippen molar-refractivity contribution in [2.75, 3.05) is 39.3 Å². The minimum atomic E-state index is -0.947. The first-order chi connectivity index (χ1) is 56.9. The number of carbonyl (C=O) groups is 11. The number of ketones is 5. The molecule has 18 heteroatoms. The Hall–Kier alpha value is -9.81. The van der Waals surface area contributed by atoms with Gasteiger partial charge in [-0.05, 0) is 190 Å². The van der Waals surface area contributed by atoms with Gasteiger partial charge in [0, 0.05) is 97.1 Å². The van der Waals surface area contributed by atoms with Crippen LogP contribution in [0.15, 0.2) is 178 Å². The SMILES string of the molecule is C=CCCCCC[C@H](NC(=O)[C@@H](CC(=O)CCCC=C)CC(=O)N1CCCC1)C(=O)CCc1cccc2ccccc12.C=CCCCCC[C@H](NC(=O)[C@@H](N)CC(=O)N1CCCC1)C(=O)CCc1cccc2ccccc12.O=C1CCC/C=C\CCCCC[C@@H](C(=O)CCc2cccc3ccccc23)NC(=O)[C@H](CC(=O)N2CCCC2)C1. The van der Waals surface area contributed by atoms with Gasteiger partial charge in [0.1, 0.15) is 11.6 Å². The van der Waals surface area contributed by atoms with E-state index in [9.17, 15) is 52.7 Å². The van der Waals surface area contributed by atoms with E-state index in [0.29, 0.717) is 103 Å². The molecule has 0 unspecified atom stereocenters. The fourth-order valence-corrected chi connectivity index (χ4v) is 16.4. The lowest BCUT2D eigenvalue weighted by molar-refractivity contribution is -0.138. The summed E-state index contributed by atoms with van der Waals surface area (Å²) in [5.41, 5.74) is 9.43. The molecule has 0 aliphatic carbocycles. The Balaban J connectivity index is 0.000000220. The zero-order valence-corrected chi connectivity index (χ0v) is 69.6. The molecule has 5 N–H and O–H groups in total. The summed E-state index contributed by atoms with van der Waals surface area (Å²) in [6.07, 6.45) is 35.3. The average molecular weight is 1600 g/mol. The molecule has 0 aromatic heterocycles. The monoisotopic (exact) mass is 1590 g/mol. The Kier molecular flexibility index (Phi) is 41.3.